The van der Waals surface area contributed by atoms with Gasteiger partial charge in [-0.05, 0) is 55.7 Å². The number of nitrogens with zero attached hydrogens (tertiary/aromatic N) is 2. The maximum atomic E-state index is 12.3. The second-order valence-corrected chi connectivity index (χ2v) is 7.03. The molecule has 3 rings (SSSR count). The van der Waals surface area contributed by atoms with Crippen LogP contribution in [0.3, 0.4) is 0 Å². The fourth-order valence-electron chi connectivity index (χ4n) is 3.24. The van der Waals surface area contributed by atoms with Gasteiger partial charge < -0.3 is 4.74 Å². The molecule has 4 nitrogen and oxygen atoms in total. The fraction of sp³-hybridized carbons (Fsp3) is 0.476. The van der Waals surface area contributed by atoms with Crippen molar-refractivity contribution in [3.8, 4) is 11.4 Å². The Kier molecular flexibility index (Phi) is 5.79. The van der Waals surface area contributed by atoms with Crippen molar-refractivity contribution in [1.82, 2.24) is 9.97 Å². The monoisotopic (exact) mass is 338 g/mol. The van der Waals surface area contributed by atoms with Gasteiger partial charge in [0.2, 0.25) is 0 Å². The van der Waals surface area contributed by atoms with E-state index in [4.69, 9.17) is 4.74 Å². The number of aryl methyl sites for hydroxylation is 1. The second-order valence-electron chi connectivity index (χ2n) is 7.03. The van der Waals surface area contributed by atoms with Gasteiger partial charge in [-0.1, -0.05) is 32.4 Å². The smallest absolute Gasteiger partial charge is 0.338 e. The van der Waals surface area contributed by atoms with Gasteiger partial charge in [0.05, 0.1) is 5.56 Å². The van der Waals surface area contributed by atoms with E-state index in [-0.39, 0.29) is 12.1 Å². The molecule has 0 saturated heterocycles. The Bertz CT molecular complexity index is 687. The van der Waals surface area contributed by atoms with E-state index in [9.17, 15) is 4.79 Å². The minimum Gasteiger partial charge on any atom is -0.459 e. The van der Waals surface area contributed by atoms with Crippen LogP contribution >= 0.6 is 0 Å². The van der Waals surface area contributed by atoms with Crippen LogP contribution in [0.1, 0.15) is 61.9 Å². The van der Waals surface area contributed by atoms with Crippen LogP contribution in [-0.2, 0) is 11.2 Å². The van der Waals surface area contributed by atoms with Gasteiger partial charge in [0.25, 0.3) is 0 Å². The molecule has 0 amide bonds. The summed E-state index contributed by atoms with van der Waals surface area (Å²) in [7, 11) is 0. The molecule has 132 valence electrons. The molecule has 1 aromatic carbocycles. The summed E-state index contributed by atoms with van der Waals surface area (Å²) in [6, 6.07) is 7.36. The number of carbonyl (C=O) groups is 1. The predicted octanol–water partition coefficient (Wildman–Crippen LogP) is 4.83. The summed E-state index contributed by atoms with van der Waals surface area (Å²) < 4.78 is 5.64. The van der Waals surface area contributed by atoms with Gasteiger partial charge in [-0.3, -0.25) is 0 Å². The number of carbonyl (C=O) groups excluding carboxylic acids is 1. The van der Waals surface area contributed by atoms with Crippen LogP contribution in [0.5, 0.6) is 0 Å². The van der Waals surface area contributed by atoms with Crippen LogP contribution in [-0.4, -0.2) is 22.0 Å². The van der Waals surface area contributed by atoms with Gasteiger partial charge >= 0.3 is 5.97 Å². The van der Waals surface area contributed by atoms with Gasteiger partial charge in [-0.25, -0.2) is 14.8 Å². The molecular weight excluding hydrogens is 312 g/mol. The summed E-state index contributed by atoms with van der Waals surface area (Å²) in [6.45, 7) is 4.40. The number of hydrogen-bond acceptors (Lipinski definition) is 4. The topological polar surface area (TPSA) is 52.1 Å². The first kappa shape index (κ1) is 17.6. The van der Waals surface area contributed by atoms with E-state index in [1.807, 2.05) is 24.5 Å². The molecule has 0 radical (unpaired) electrons. The molecule has 1 aliphatic carbocycles. The summed E-state index contributed by atoms with van der Waals surface area (Å²) in [4.78, 5) is 21.1. The zero-order chi connectivity index (χ0) is 17.6. The fourth-order valence-corrected chi connectivity index (χ4v) is 3.24. The number of hydrogen-bond donors (Lipinski definition) is 0. The van der Waals surface area contributed by atoms with E-state index in [0.717, 1.165) is 55.6 Å². The molecule has 0 N–H and O–H groups in total. The molecule has 1 saturated carbocycles. The lowest BCUT2D eigenvalue weighted by molar-refractivity contribution is 0.0174. The summed E-state index contributed by atoms with van der Waals surface area (Å²) in [5.74, 6) is 1.20. The molecule has 1 fully saturated rings. The van der Waals surface area contributed by atoms with Crippen LogP contribution in [0.4, 0.5) is 0 Å². The Balaban J connectivity index is 1.62. The van der Waals surface area contributed by atoms with E-state index in [1.165, 1.54) is 0 Å². The van der Waals surface area contributed by atoms with Crippen molar-refractivity contribution in [2.75, 3.05) is 0 Å². The number of ether oxygens (including phenoxy) is 1. The van der Waals surface area contributed by atoms with Crippen LogP contribution in [0.2, 0.25) is 0 Å². The molecule has 0 spiro atoms. The van der Waals surface area contributed by atoms with Crippen molar-refractivity contribution in [2.45, 2.75) is 58.5 Å². The molecular formula is C21H26N2O2. The molecule has 0 bridgehead atoms. The van der Waals surface area contributed by atoms with Crippen molar-refractivity contribution in [3.05, 3.63) is 47.8 Å². The van der Waals surface area contributed by atoms with Crippen molar-refractivity contribution in [3.63, 3.8) is 0 Å². The minimum absolute atomic E-state index is 0.0674. The highest BCUT2D eigenvalue weighted by Crippen LogP contribution is 2.26. The van der Waals surface area contributed by atoms with Crippen molar-refractivity contribution < 1.29 is 9.53 Å². The Morgan fingerprint density at radius 1 is 1.08 bits per heavy atom. The molecule has 2 aromatic rings. The van der Waals surface area contributed by atoms with Crippen LogP contribution in [0.15, 0.2) is 36.7 Å². The highest BCUT2D eigenvalue weighted by Gasteiger charge is 2.22. The standard InChI is InChI=1S/C21H26N2O2/c1-3-4-16-13-22-20(23-14-16)17-7-9-18(10-8-17)21(24)25-19-11-5-15(2)6-12-19/h7-10,13-15,19H,3-6,11-12H2,1-2H3/t15-,19-. The van der Waals surface area contributed by atoms with E-state index in [0.29, 0.717) is 11.4 Å². The quantitative estimate of drug-likeness (QED) is 0.733. The summed E-state index contributed by atoms with van der Waals surface area (Å²) in [5, 5.41) is 0. The zero-order valence-corrected chi connectivity index (χ0v) is 15.1. The number of aromatic nitrogens is 2. The summed E-state index contributed by atoms with van der Waals surface area (Å²) in [6.07, 6.45) is 10.1. The first-order valence-corrected chi connectivity index (χ1v) is 9.28. The van der Waals surface area contributed by atoms with E-state index in [1.54, 1.807) is 12.1 Å². The van der Waals surface area contributed by atoms with Crippen molar-refractivity contribution in [2.24, 2.45) is 5.92 Å². The Labute approximate surface area is 149 Å². The van der Waals surface area contributed by atoms with Gasteiger partial charge in [-0.15, -0.1) is 0 Å². The van der Waals surface area contributed by atoms with Crippen molar-refractivity contribution in [1.29, 1.82) is 0 Å². The third kappa shape index (κ3) is 4.65. The van der Waals surface area contributed by atoms with E-state index in [2.05, 4.69) is 23.8 Å². The number of benzene rings is 1. The van der Waals surface area contributed by atoms with Crippen molar-refractivity contribution >= 4 is 5.97 Å². The van der Waals surface area contributed by atoms with Crippen LogP contribution in [0.25, 0.3) is 11.4 Å². The molecule has 1 aromatic heterocycles. The van der Waals surface area contributed by atoms with Gasteiger partial charge in [0.1, 0.15) is 6.10 Å². The molecule has 1 aliphatic rings. The molecule has 0 aliphatic heterocycles. The molecule has 0 unspecified atom stereocenters. The summed E-state index contributed by atoms with van der Waals surface area (Å²) in [5.41, 5.74) is 2.64. The normalized spacial score (nSPS) is 20.2. The minimum atomic E-state index is -0.231. The second kappa shape index (κ2) is 8.24. The van der Waals surface area contributed by atoms with E-state index >= 15 is 0 Å². The highest BCUT2D eigenvalue weighted by atomic mass is 16.5. The highest BCUT2D eigenvalue weighted by molar-refractivity contribution is 5.90. The zero-order valence-electron chi connectivity index (χ0n) is 15.1. The lowest BCUT2D eigenvalue weighted by atomic mass is 9.89. The Morgan fingerprint density at radius 2 is 1.72 bits per heavy atom. The van der Waals surface area contributed by atoms with E-state index < -0.39 is 0 Å². The average molecular weight is 338 g/mol. The van der Waals surface area contributed by atoms with Gasteiger partial charge in [-0.2, -0.15) is 0 Å². The van der Waals surface area contributed by atoms with Crippen LogP contribution in [0, 0.1) is 5.92 Å². The molecule has 25 heavy (non-hydrogen) atoms. The third-order valence-electron chi connectivity index (χ3n) is 4.86. The third-order valence-corrected chi connectivity index (χ3v) is 4.86. The SMILES string of the molecule is CCCc1cnc(-c2ccc(C(=O)O[C@H]3CC[C@H](C)CC3)cc2)nc1. The Morgan fingerprint density at radius 3 is 2.32 bits per heavy atom. The lowest BCUT2D eigenvalue weighted by Gasteiger charge is -2.25. The van der Waals surface area contributed by atoms with Gasteiger partial charge in [0.15, 0.2) is 5.82 Å². The predicted molar refractivity (Wildman–Crippen MR) is 98.3 cm³/mol. The number of rotatable bonds is 5. The summed E-state index contributed by atoms with van der Waals surface area (Å²) >= 11 is 0. The first-order chi connectivity index (χ1) is 12.2. The largest absolute Gasteiger partial charge is 0.459 e. The molecule has 1 heterocycles. The maximum Gasteiger partial charge on any atom is 0.338 e. The number of esters is 1. The molecule has 0 atom stereocenters. The maximum absolute atomic E-state index is 12.3. The Hall–Kier alpha value is -2.23. The van der Waals surface area contributed by atoms with Gasteiger partial charge in [0, 0.05) is 18.0 Å². The average Bonchev–Trinajstić information content (AvgIpc) is 2.65. The first-order valence-electron chi connectivity index (χ1n) is 9.28. The lowest BCUT2D eigenvalue weighted by Crippen LogP contribution is -2.23. The molecule has 4 heteroatoms. The van der Waals surface area contributed by atoms with Crippen LogP contribution < -0.4 is 0 Å².